The van der Waals surface area contributed by atoms with Crippen molar-refractivity contribution in [2.24, 2.45) is 11.8 Å². The number of aliphatic hydroxyl groups is 1. The van der Waals surface area contributed by atoms with Crippen molar-refractivity contribution in [1.82, 2.24) is 9.97 Å². The topological polar surface area (TPSA) is 63.1 Å². The first-order valence-corrected chi connectivity index (χ1v) is 18.4. The summed E-state index contributed by atoms with van der Waals surface area (Å²) in [5.74, 6) is 0.547. The molecule has 0 amide bonds. The zero-order chi connectivity index (χ0) is 37.5. The standard InChI is InChI=1S/C30H24F3N2S.C13H24O2.CH4.Ir/c1-18-24(15-28(36-18)20-9-7-10-22(13-20)30(31,32)33)27-16-26(34-17-35-27)21-12-19-8-5-6-11-23(19)25(14-21)29(2,3)4;1-5-10(6-2)12(14)9-13(15)11(7-3)8-4;;/h5-11,13-17H,1-4H3;9-11,14H,5-8H2,1-4H3;1H4;/q-1;;;. The van der Waals surface area contributed by atoms with Crippen molar-refractivity contribution in [1.29, 1.82) is 0 Å². The molecule has 0 aliphatic rings. The molecule has 3 aromatic carbocycles. The second-order valence-electron chi connectivity index (χ2n) is 13.8. The van der Waals surface area contributed by atoms with Crippen LogP contribution in [0.15, 0.2) is 84.9 Å². The minimum absolute atomic E-state index is 0. The van der Waals surface area contributed by atoms with Gasteiger partial charge in [-0.15, -0.1) is 40.5 Å². The number of ketones is 1. The predicted molar refractivity (Wildman–Crippen MR) is 212 cm³/mol. The summed E-state index contributed by atoms with van der Waals surface area (Å²) >= 11 is 1.46. The fourth-order valence-electron chi connectivity index (χ4n) is 6.15. The minimum atomic E-state index is -4.38. The minimum Gasteiger partial charge on any atom is -0.512 e. The number of nitrogens with zero attached hydrogens (tertiary/aromatic N) is 2. The van der Waals surface area contributed by atoms with Gasteiger partial charge in [-0.05, 0) is 67.9 Å². The van der Waals surface area contributed by atoms with Crippen molar-refractivity contribution < 1.29 is 43.2 Å². The fourth-order valence-corrected chi connectivity index (χ4v) is 7.17. The largest absolute Gasteiger partial charge is 0.512 e. The van der Waals surface area contributed by atoms with Gasteiger partial charge in [0.2, 0.25) is 0 Å². The molecule has 9 heteroatoms. The van der Waals surface area contributed by atoms with Crippen LogP contribution in [-0.4, -0.2) is 20.9 Å². The molecule has 1 N–H and O–H groups in total. The summed E-state index contributed by atoms with van der Waals surface area (Å²) in [4.78, 5) is 22.5. The maximum Gasteiger partial charge on any atom is 0.416 e. The molecule has 53 heavy (non-hydrogen) atoms. The maximum atomic E-state index is 13.2. The van der Waals surface area contributed by atoms with Gasteiger partial charge in [0.05, 0.1) is 17.0 Å². The summed E-state index contributed by atoms with van der Waals surface area (Å²) < 4.78 is 39.7. The van der Waals surface area contributed by atoms with E-state index in [4.69, 9.17) is 0 Å². The first-order chi connectivity index (χ1) is 24.1. The molecule has 0 saturated carbocycles. The van der Waals surface area contributed by atoms with E-state index in [9.17, 15) is 23.1 Å². The molecule has 4 nitrogen and oxygen atoms in total. The zero-order valence-corrected chi connectivity index (χ0v) is 34.3. The number of rotatable bonds is 10. The van der Waals surface area contributed by atoms with Crippen LogP contribution in [0.1, 0.15) is 97.6 Å². The molecule has 5 aromatic rings. The van der Waals surface area contributed by atoms with E-state index in [0.717, 1.165) is 69.4 Å². The number of hydrogen-bond donors (Lipinski definition) is 1. The Morgan fingerprint density at radius 2 is 1.49 bits per heavy atom. The van der Waals surface area contributed by atoms with Crippen LogP contribution in [0.4, 0.5) is 13.2 Å². The number of aliphatic hydroxyl groups excluding tert-OH is 1. The van der Waals surface area contributed by atoms with Crippen LogP contribution >= 0.6 is 11.3 Å². The molecule has 2 aromatic heterocycles. The van der Waals surface area contributed by atoms with Crippen LogP contribution in [0.2, 0.25) is 0 Å². The zero-order valence-electron chi connectivity index (χ0n) is 31.1. The number of halogens is 3. The summed E-state index contributed by atoms with van der Waals surface area (Å²) in [6.45, 7) is 16.6. The Morgan fingerprint density at radius 3 is 2.09 bits per heavy atom. The summed E-state index contributed by atoms with van der Waals surface area (Å²) in [5.41, 5.74) is 4.28. The van der Waals surface area contributed by atoms with Crippen LogP contribution in [-0.2, 0) is 36.5 Å². The normalized spacial score (nSPS) is 11.9. The molecule has 2 heterocycles. The number of fused-ring (bicyclic) bond motifs is 1. The number of aromatic nitrogens is 2. The van der Waals surface area contributed by atoms with E-state index >= 15 is 0 Å². The third-order valence-corrected chi connectivity index (χ3v) is 10.4. The third-order valence-electron chi connectivity index (χ3n) is 9.28. The molecule has 0 fully saturated rings. The number of hydrogen-bond acceptors (Lipinski definition) is 5. The van der Waals surface area contributed by atoms with Gasteiger partial charge in [-0.2, -0.15) is 13.2 Å². The number of carbonyl (C=O) groups excluding carboxylic acids is 1. The molecular formula is C44H52F3IrN2O2S-. The molecule has 0 aliphatic heterocycles. The van der Waals surface area contributed by atoms with Crippen molar-refractivity contribution in [2.75, 3.05) is 0 Å². The van der Waals surface area contributed by atoms with Gasteiger partial charge in [0, 0.05) is 59.0 Å². The molecule has 0 atom stereocenters. The van der Waals surface area contributed by atoms with Gasteiger partial charge >= 0.3 is 6.18 Å². The fraction of sp³-hybridized carbons (Fsp3) is 0.386. The van der Waals surface area contributed by atoms with Crippen LogP contribution in [0.3, 0.4) is 0 Å². The van der Waals surface area contributed by atoms with Crippen LogP contribution in [0.5, 0.6) is 0 Å². The van der Waals surface area contributed by atoms with Gasteiger partial charge in [0.15, 0.2) is 5.78 Å². The number of benzene rings is 3. The number of thiophene rings is 1. The molecule has 0 saturated heterocycles. The number of alkyl halides is 3. The molecule has 0 bridgehead atoms. The predicted octanol–water partition coefficient (Wildman–Crippen LogP) is 13.6. The Morgan fingerprint density at radius 1 is 0.868 bits per heavy atom. The quantitative estimate of drug-likeness (QED) is 0.0861. The van der Waals surface area contributed by atoms with Gasteiger partial charge in [-0.3, -0.25) is 9.78 Å². The van der Waals surface area contributed by atoms with E-state index in [0.29, 0.717) is 5.56 Å². The monoisotopic (exact) mass is 922 g/mol. The molecule has 287 valence electrons. The summed E-state index contributed by atoms with van der Waals surface area (Å²) in [6.07, 6.45) is 2.06. The third kappa shape index (κ3) is 11.4. The van der Waals surface area contributed by atoms with Crippen molar-refractivity contribution in [2.45, 2.75) is 100 Å². The molecule has 0 spiro atoms. The number of carbonyl (C=O) groups is 1. The van der Waals surface area contributed by atoms with Gasteiger partial charge in [-0.1, -0.05) is 97.2 Å². The van der Waals surface area contributed by atoms with Gasteiger partial charge < -0.3 is 5.11 Å². The van der Waals surface area contributed by atoms with Gasteiger partial charge in [0.25, 0.3) is 0 Å². The summed E-state index contributed by atoms with van der Waals surface area (Å²) in [6, 6.07) is 23.1. The Bertz CT molecular complexity index is 1990. The van der Waals surface area contributed by atoms with Crippen molar-refractivity contribution in [3.8, 4) is 33.0 Å². The van der Waals surface area contributed by atoms with Gasteiger partial charge in [-0.25, -0.2) is 4.98 Å². The van der Waals surface area contributed by atoms with Crippen LogP contribution < -0.4 is 0 Å². The second kappa shape index (κ2) is 19.6. The van der Waals surface area contributed by atoms with E-state index < -0.39 is 11.7 Å². The summed E-state index contributed by atoms with van der Waals surface area (Å²) in [7, 11) is 0. The Kier molecular flexibility index (Phi) is 16.8. The molecule has 1 radical (unpaired) electrons. The van der Waals surface area contributed by atoms with Crippen LogP contribution in [0.25, 0.3) is 43.7 Å². The number of aryl methyl sites for hydroxylation is 1. The molecule has 5 rings (SSSR count). The summed E-state index contributed by atoms with van der Waals surface area (Å²) in [5, 5.41) is 12.0. The van der Waals surface area contributed by atoms with E-state index in [1.165, 1.54) is 46.8 Å². The second-order valence-corrected chi connectivity index (χ2v) is 15.1. The average molecular weight is 922 g/mol. The average Bonchev–Trinajstić information content (AvgIpc) is 3.50. The SMILES string of the molecule is C.CCC(CC)C(=O)C=C(O)C(CC)CC.Cc1sc(-c2cccc(C(F)(F)F)c2)cc1-c1cc(-c2[c-]c3ccccc3c(C(C)(C)C)c2)ncn1.[Ir]. The number of allylic oxidation sites excluding steroid dienone is 2. The Balaban J connectivity index is 0.000000490. The van der Waals surface area contributed by atoms with Crippen molar-refractivity contribution in [3.05, 3.63) is 107 Å². The first-order valence-electron chi connectivity index (χ1n) is 17.6. The van der Waals surface area contributed by atoms with Crippen LogP contribution in [0, 0.1) is 24.8 Å². The van der Waals surface area contributed by atoms with Crippen molar-refractivity contribution in [3.63, 3.8) is 0 Å². The van der Waals surface area contributed by atoms with Gasteiger partial charge in [0.1, 0.15) is 6.33 Å². The Labute approximate surface area is 331 Å². The van der Waals surface area contributed by atoms with E-state index in [-0.39, 0.29) is 56.3 Å². The van der Waals surface area contributed by atoms with E-state index in [1.807, 2.05) is 58.9 Å². The smallest absolute Gasteiger partial charge is 0.416 e. The molecular weight excluding hydrogens is 870 g/mol. The van der Waals surface area contributed by atoms with E-state index in [2.05, 4.69) is 55.0 Å². The molecule has 0 unspecified atom stereocenters. The maximum absolute atomic E-state index is 13.2. The molecule has 0 aliphatic carbocycles. The first kappa shape index (κ1) is 45.5. The van der Waals surface area contributed by atoms with Crippen molar-refractivity contribution >= 4 is 27.9 Å². The Hall–Kier alpha value is -3.65. The van der Waals surface area contributed by atoms with E-state index in [1.54, 1.807) is 6.07 Å².